The summed E-state index contributed by atoms with van der Waals surface area (Å²) in [6, 6.07) is 1.28. The topological polar surface area (TPSA) is 24.4 Å². The Morgan fingerprint density at radius 1 is 1.30 bits per heavy atom. The molecule has 0 bridgehead atoms. The maximum atomic E-state index is 4.04. The molecule has 0 spiro atoms. The molecule has 0 atom stereocenters. The van der Waals surface area contributed by atoms with Crippen LogP contribution in [0.1, 0.15) is 25.7 Å². The van der Waals surface area contributed by atoms with E-state index in [2.05, 4.69) is 17.0 Å². The van der Waals surface area contributed by atoms with Gasteiger partial charge >= 0.3 is 0 Å². The van der Waals surface area contributed by atoms with Gasteiger partial charge in [-0.15, -0.1) is 0 Å². The van der Waals surface area contributed by atoms with Crippen LogP contribution in [0.15, 0.2) is 4.99 Å². The molecule has 1 rings (SSSR count). The number of nitrogens with one attached hydrogen (secondary N) is 1. The van der Waals surface area contributed by atoms with Gasteiger partial charge in [0, 0.05) is 12.1 Å². The summed E-state index contributed by atoms with van der Waals surface area (Å²) in [4.78, 5) is 4.04. The van der Waals surface area contributed by atoms with E-state index in [0.717, 1.165) is 6.04 Å². The molecule has 0 aromatic carbocycles. The predicted octanol–water partition coefficient (Wildman–Crippen LogP) is 1.22. The molecule has 1 saturated carbocycles. The lowest BCUT2D eigenvalue weighted by Crippen LogP contribution is -2.31. The fraction of sp³-hybridized carbons (Fsp3) is 0.875. The lowest BCUT2D eigenvalue weighted by molar-refractivity contribution is 0.361. The fourth-order valence-electron chi connectivity index (χ4n) is 1.55. The minimum absolute atomic E-state index is 0.546. The van der Waals surface area contributed by atoms with Gasteiger partial charge in [0.15, 0.2) is 0 Å². The van der Waals surface area contributed by atoms with Gasteiger partial charge in [-0.25, -0.2) is 0 Å². The van der Waals surface area contributed by atoms with E-state index < -0.39 is 0 Å². The highest BCUT2D eigenvalue weighted by Gasteiger charge is 2.17. The fourth-order valence-corrected chi connectivity index (χ4v) is 1.55. The molecule has 0 aromatic rings. The number of aliphatic imine (C=N–C) groups is 1. The minimum atomic E-state index is 0.546. The van der Waals surface area contributed by atoms with Crippen molar-refractivity contribution in [2.24, 2.45) is 4.99 Å². The van der Waals surface area contributed by atoms with Gasteiger partial charge in [0.1, 0.15) is 0 Å². The third kappa shape index (κ3) is 1.81. The van der Waals surface area contributed by atoms with Crippen molar-refractivity contribution in [3.05, 3.63) is 0 Å². The van der Waals surface area contributed by atoms with Crippen LogP contribution in [0.4, 0.5) is 0 Å². The van der Waals surface area contributed by atoms with Crippen LogP contribution in [0.2, 0.25) is 0 Å². The SMILES string of the molecule is C=NC1CCC(NC)CC1. The van der Waals surface area contributed by atoms with Crippen molar-refractivity contribution in [2.45, 2.75) is 37.8 Å². The summed E-state index contributed by atoms with van der Waals surface area (Å²) in [5, 5.41) is 3.29. The van der Waals surface area contributed by atoms with Crippen LogP contribution >= 0.6 is 0 Å². The van der Waals surface area contributed by atoms with Crippen LogP contribution in [0, 0.1) is 0 Å². The first kappa shape index (κ1) is 7.73. The smallest absolute Gasteiger partial charge is 0.0493 e. The molecule has 0 saturated heterocycles. The van der Waals surface area contributed by atoms with Crippen molar-refractivity contribution >= 4 is 6.72 Å². The highest BCUT2D eigenvalue weighted by molar-refractivity contribution is 5.24. The Kier molecular flexibility index (Phi) is 2.87. The number of hydrogen-bond acceptors (Lipinski definition) is 2. The summed E-state index contributed by atoms with van der Waals surface area (Å²) in [5.41, 5.74) is 0. The lowest BCUT2D eigenvalue weighted by atomic mass is 9.92. The molecule has 58 valence electrons. The quantitative estimate of drug-likeness (QED) is 0.573. The van der Waals surface area contributed by atoms with E-state index in [0.29, 0.717) is 6.04 Å². The molecule has 0 aromatic heterocycles. The molecule has 0 radical (unpaired) electrons. The summed E-state index contributed by atoms with van der Waals surface area (Å²) in [6.07, 6.45) is 4.96. The molecule has 0 unspecified atom stereocenters. The van der Waals surface area contributed by atoms with Gasteiger partial charge in [0.05, 0.1) is 0 Å². The zero-order valence-electron chi connectivity index (χ0n) is 6.64. The van der Waals surface area contributed by atoms with Gasteiger partial charge in [-0.05, 0) is 39.4 Å². The molecule has 2 nitrogen and oxygen atoms in total. The van der Waals surface area contributed by atoms with Crippen LogP contribution in [0.5, 0.6) is 0 Å². The minimum Gasteiger partial charge on any atom is -0.317 e. The Hall–Kier alpha value is -0.370. The Labute approximate surface area is 62.7 Å². The first-order valence-electron chi connectivity index (χ1n) is 4.00. The Bertz CT molecular complexity index is 104. The molecule has 1 N–H and O–H groups in total. The van der Waals surface area contributed by atoms with E-state index >= 15 is 0 Å². The van der Waals surface area contributed by atoms with Crippen molar-refractivity contribution in [1.82, 2.24) is 5.32 Å². The number of hydrogen-bond donors (Lipinski definition) is 1. The van der Waals surface area contributed by atoms with Gasteiger partial charge in [-0.3, -0.25) is 4.99 Å². The Balaban J connectivity index is 2.23. The van der Waals surface area contributed by atoms with Crippen LogP contribution in [0.3, 0.4) is 0 Å². The highest BCUT2D eigenvalue weighted by atomic mass is 14.9. The first-order valence-corrected chi connectivity index (χ1v) is 4.00. The third-order valence-electron chi connectivity index (χ3n) is 2.36. The van der Waals surface area contributed by atoms with Gasteiger partial charge in [0.2, 0.25) is 0 Å². The summed E-state index contributed by atoms with van der Waals surface area (Å²) in [6.45, 7) is 3.56. The summed E-state index contributed by atoms with van der Waals surface area (Å²) in [5.74, 6) is 0. The van der Waals surface area contributed by atoms with E-state index in [-0.39, 0.29) is 0 Å². The van der Waals surface area contributed by atoms with Crippen LogP contribution in [0.25, 0.3) is 0 Å². The average molecular weight is 140 g/mol. The molecule has 2 heteroatoms. The van der Waals surface area contributed by atoms with E-state index in [1.807, 2.05) is 7.05 Å². The van der Waals surface area contributed by atoms with Crippen LogP contribution in [-0.4, -0.2) is 25.8 Å². The molecule has 0 heterocycles. The first-order chi connectivity index (χ1) is 4.86. The summed E-state index contributed by atoms with van der Waals surface area (Å²) in [7, 11) is 2.03. The van der Waals surface area contributed by atoms with Crippen LogP contribution in [-0.2, 0) is 0 Å². The molecular formula is C8H16N2. The number of nitrogens with zero attached hydrogens (tertiary/aromatic N) is 1. The molecular weight excluding hydrogens is 124 g/mol. The zero-order chi connectivity index (χ0) is 7.40. The molecule has 0 amide bonds. The standard InChI is InChI=1S/C8H16N2/c1-9-7-3-5-8(10-2)6-4-7/h7-8,10H,1,3-6H2,2H3. The molecule has 0 aliphatic heterocycles. The van der Waals surface area contributed by atoms with E-state index in [1.54, 1.807) is 0 Å². The predicted molar refractivity (Wildman–Crippen MR) is 44.7 cm³/mol. The van der Waals surface area contributed by atoms with Gasteiger partial charge in [-0.2, -0.15) is 0 Å². The van der Waals surface area contributed by atoms with Crippen LogP contribution < -0.4 is 5.32 Å². The van der Waals surface area contributed by atoms with Crippen molar-refractivity contribution in [3.8, 4) is 0 Å². The Morgan fingerprint density at radius 3 is 2.30 bits per heavy atom. The average Bonchev–Trinajstić information content (AvgIpc) is 2.05. The Morgan fingerprint density at radius 2 is 1.90 bits per heavy atom. The third-order valence-corrected chi connectivity index (χ3v) is 2.36. The van der Waals surface area contributed by atoms with Gasteiger partial charge in [-0.1, -0.05) is 0 Å². The molecule has 1 fully saturated rings. The maximum absolute atomic E-state index is 4.04. The van der Waals surface area contributed by atoms with Crippen molar-refractivity contribution in [2.75, 3.05) is 7.05 Å². The molecule has 1 aliphatic carbocycles. The van der Waals surface area contributed by atoms with E-state index in [9.17, 15) is 0 Å². The van der Waals surface area contributed by atoms with E-state index in [1.165, 1.54) is 25.7 Å². The summed E-state index contributed by atoms with van der Waals surface area (Å²) < 4.78 is 0. The molecule has 10 heavy (non-hydrogen) atoms. The van der Waals surface area contributed by atoms with Gasteiger partial charge in [0.25, 0.3) is 0 Å². The zero-order valence-corrected chi connectivity index (χ0v) is 6.64. The highest BCUT2D eigenvalue weighted by Crippen LogP contribution is 2.20. The monoisotopic (exact) mass is 140 g/mol. The van der Waals surface area contributed by atoms with Crippen molar-refractivity contribution in [3.63, 3.8) is 0 Å². The van der Waals surface area contributed by atoms with E-state index in [4.69, 9.17) is 0 Å². The second kappa shape index (κ2) is 3.71. The number of rotatable bonds is 2. The largest absolute Gasteiger partial charge is 0.317 e. The van der Waals surface area contributed by atoms with Crippen molar-refractivity contribution < 1.29 is 0 Å². The lowest BCUT2D eigenvalue weighted by Gasteiger charge is -2.25. The summed E-state index contributed by atoms with van der Waals surface area (Å²) >= 11 is 0. The van der Waals surface area contributed by atoms with Crippen molar-refractivity contribution in [1.29, 1.82) is 0 Å². The van der Waals surface area contributed by atoms with Gasteiger partial charge < -0.3 is 5.32 Å². The normalized spacial score (nSPS) is 33.7. The molecule has 1 aliphatic rings. The maximum Gasteiger partial charge on any atom is 0.0493 e. The second-order valence-corrected chi connectivity index (χ2v) is 2.98. The second-order valence-electron chi connectivity index (χ2n) is 2.98.